The maximum atomic E-state index is 11.9. The standard InChI is InChI=1S/C19H18N4O3S/c1-2-26-19(25)21-20-17(24)11-10-14-13-23(15-7-4-3-5-8-15)22-18(14)16-9-6-12-27-16/h3-13H,2H2,1H3,(H,20,24)(H,21,25). The van der Waals surface area contributed by atoms with E-state index in [2.05, 4.69) is 20.7 Å². The summed E-state index contributed by atoms with van der Waals surface area (Å²) in [5.41, 5.74) is 6.90. The molecule has 0 bridgehead atoms. The van der Waals surface area contributed by atoms with Gasteiger partial charge >= 0.3 is 6.09 Å². The van der Waals surface area contributed by atoms with Gasteiger partial charge in [-0.25, -0.2) is 14.9 Å². The van der Waals surface area contributed by atoms with E-state index in [1.165, 1.54) is 6.08 Å². The van der Waals surface area contributed by atoms with Crippen molar-refractivity contribution < 1.29 is 14.3 Å². The lowest BCUT2D eigenvalue weighted by Gasteiger charge is -2.04. The van der Waals surface area contributed by atoms with Gasteiger partial charge in [0.2, 0.25) is 0 Å². The summed E-state index contributed by atoms with van der Waals surface area (Å²) in [5, 5.41) is 6.63. The van der Waals surface area contributed by atoms with E-state index in [0.29, 0.717) is 0 Å². The van der Waals surface area contributed by atoms with E-state index in [4.69, 9.17) is 0 Å². The van der Waals surface area contributed by atoms with Gasteiger partial charge < -0.3 is 4.74 Å². The van der Waals surface area contributed by atoms with Crippen LogP contribution in [0, 0.1) is 0 Å². The highest BCUT2D eigenvalue weighted by atomic mass is 32.1. The van der Waals surface area contributed by atoms with Gasteiger partial charge in [0.15, 0.2) is 0 Å². The summed E-state index contributed by atoms with van der Waals surface area (Å²) in [5.74, 6) is -0.479. The van der Waals surface area contributed by atoms with Crippen molar-refractivity contribution in [2.24, 2.45) is 0 Å². The van der Waals surface area contributed by atoms with Gasteiger partial charge in [0.1, 0.15) is 5.69 Å². The van der Waals surface area contributed by atoms with Gasteiger partial charge in [-0.05, 0) is 36.6 Å². The molecule has 0 saturated heterocycles. The third-order valence-corrected chi connectivity index (χ3v) is 4.37. The van der Waals surface area contributed by atoms with E-state index in [-0.39, 0.29) is 6.61 Å². The van der Waals surface area contributed by atoms with Crippen LogP contribution in [0.4, 0.5) is 4.79 Å². The molecule has 27 heavy (non-hydrogen) atoms. The number of ether oxygens (including phenoxy) is 1. The molecular weight excluding hydrogens is 364 g/mol. The minimum atomic E-state index is -0.713. The Morgan fingerprint density at radius 2 is 2.00 bits per heavy atom. The molecular formula is C19H18N4O3S. The number of hydrogen-bond donors (Lipinski definition) is 2. The van der Waals surface area contributed by atoms with E-state index in [9.17, 15) is 9.59 Å². The summed E-state index contributed by atoms with van der Waals surface area (Å²) in [6, 6.07) is 13.6. The molecule has 2 heterocycles. The van der Waals surface area contributed by atoms with Crippen LogP contribution in [0.15, 0.2) is 60.1 Å². The lowest BCUT2D eigenvalue weighted by Crippen LogP contribution is -2.41. The lowest BCUT2D eigenvalue weighted by atomic mass is 10.2. The fourth-order valence-corrected chi connectivity index (χ4v) is 3.05. The third kappa shape index (κ3) is 4.83. The van der Waals surface area contributed by atoms with Gasteiger partial charge in [0.25, 0.3) is 5.91 Å². The number of benzene rings is 1. The topological polar surface area (TPSA) is 85.3 Å². The molecule has 2 aromatic heterocycles. The summed E-state index contributed by atoms with van der Waals surface area (Å²) in [6.45, 7) is 1.90. The Balaban J connectivity index is 1.80. The molecule has 0 radical (unpaired) electrons. The highest BCUT2D eigenvalue weighted by Crippen LogP contribution is 2.28. The number of carbonyl (C=O) groups excluding carboxylic acids is 2. The monoisotopic (exact) mass is 382 g/mol. The number of hydrogen-bond acceptors (Lipinski definition) is 5. The average molecular weight is 382 g/mol. The average Bonchev–Trinajstić information content (AvgIpc) is 3.35. The summed E-state index contributed by atoms with van der Waals surface area (Å²) in [4.78, 5) is 24.1. The van der Waals surface area contributed by atoms with E-state index < -0.39 is 12.0 Å². The molecule has 7 nitrogen and oxygen atoms in total. The van der Waals surface area contributed by atoms with Crippen molar-refractivity contribution in [3.8, 4) is 16.3 Å². The molecule has 0 aliphatic carbocycles. The summed E-state index contributed by atoms with van der Waals surface area (Å²) < 4.78 is 6.44. The quantitative estimate of drug-likeness (QED) is 0.523. The Bertz CT molecular complexity index is 933. The van der Waals surface area contributed by atoms with Crippen molar-refractivity contribution in [3.63, 3.8) is 0 Å². The molecule has 138 valence electrons. The zero-order valence-corrected chi connectivity index (χ0v) is 15.4. The van der Waals surface area contributed by atoms with Gasteiger partial charge in [-0.3, -0.25) is 10.2 Å². The first kappa shape index (κ1) is 18.4. The minimum absolute atomic E-state index is 0.223. The van der Waals surface area contributed by atoms with Gasteiger partial charge in [-0.1, -0.05) is 24.3 Å². The van der Waals surface area contributed by atoms with E-state index in [1.54, 1.807) is 29.0 Å². The number of aromatic nitrogens is 2. The number of nitrogens with zero attached hydrogens (tertiary/aromatic N) is 2. The number of hydrazine groups is 1. The first-order chi connectivity index (χ1) is 13.2. The smallest absolute Gasteiger partial charge is 0.426 e. The number of carbonyl (C=O) groups is 2. The molecule has 0 unspecified atom stereocenters. The van der Waals surface area contributed by atoms with Gasteiger partial charge in [0.05, 0.1) is 17.2 Å². The Labute approximate surface area is 160 Å². The maximum Gasteiger partial charge on any atom is 0.426 e. The Kier molecular flexibility index (Phi) is 6.01. The number of rotatable bonds is 5. The molecule has 3 rings (SSSR count). The van der Waals surface area contributed by atoms with Crippen LogP contribution in [-0.2, 0) is 9.53 Å². The molecule has 1 aromatic carbocycles. The summed E-state index contributed by atoms with van der Waals surface area (Å²) >= 11 is 1.57. The Hall–Kier alpha value is -3.39. The Morgan fingerprint density at radius 3 is 2.70 bits per heavy atom. The van der Waals surface area contributed by atoms with E-state index in [1.807, 2.05) is 54.0 Å². The summed E-state index contributed by atoms with van der Waals surface area (Å²) in [7, 11) is 0. The Morgan fingerprint density at radius 1 is 1.19 bits per heavy atom. The minimum Gasteiger partial charge on any atom is -0.449 e. The van der Waals surface area contributed by atoms with Gasteiger partial charge in [-0.15, -0.1) is 11.3 Å². The number of amides is 2. The third-order valence-electron chi connectivity index (χ3n) is 3.50. The summed E-state index contributed by atoms with van der Waals surface area (Å²) in [6.07, 6.45) is 4.13. The van der Waals surface area contributed by atoms with E-state index in [0.717, 1.165) is 21.8 Å². The second-order valence-electron chi connectivity index (χ2n) is 5.36. The van der Waals surface area contributed by atoms with Gasteiger partial charge in [-0.2, -0.15) is 5.10 Å². The molecule has 2 amide bonds. The van der Waals surface area contributed by atoms with Gasteiger partial charge in [0, 0.05) is 17.8 Å². The van der Waals surface area contributed by atoms with Crippen molar-refractivity contribution >= 4 is 29.4 Å². The maximum absolute atomic E-state index is 11.9. The number of para-hydroxylation sites is 1. The zero-order valence-electron chi connectivity index (χ0n) is 14.6. The van der Waals surface area contributed by atoms with Crippen LogP contribution < -0.4 is 10.9 Å². The van der Waals surface area contributed by atoms with Crippen LogP contribution in [0.3, 0.4) is 0 Å². The van der Waals surface area contributed by atoms with Crippen molar-refractivity contribution in [2.45, 2.75) is 6.92 Å². The SMILES string of the molecule is CCOC(=O)NNC(=O)C=Cc1cn(-c2ccccc2)nc1-c1cccs1. The predicted octanol–water partition coefficient (Wildman–Crippen LogP) is 3.39. The lowest BCUT2D eigenvalue weighted by molar-refractivity contribution is -0.117. The van der Waals surface area contributed by atoms with Crippen molar-refractivity contribution in [2.75, 3.05) is 6.61 Å². The fraction of sp³-hybridized carbons (Fsp3) is 0.105. The molecule has 2 N–H and O–H groups in total. The fourth-order valence-electron chi connectivity index (χ4n) is 2.31. The molecule has 0 aliphatic heterocycles. The highest BCUT2D eigenvalue weighted by Gasteiger charge is 2.11. The second-order valence-corrected chi connectivity index (χ2v) is 6.31. The van der Waals surface area contributed by atoms with Crippen LogP contribution in [0.2, 0.25) is 0 Å². The van der Waals surface area contributed by atoms with Crippen LogP contribution in [0.25, 0.3) is 22.3 Å². The second kappa shape index (κ2) is 8.81. The molecule has 3 aromatic rings. The van der Waals surface area contributed by atoms with Crippen molar-refractivity contribution in [3.05, 3.63) is 65.7 Å². The first-order valence-corrected chi connectivity index (χ1v) is 9.15. The number of nitrogens with one attached hydrogen (secondary N) is 2. The van der Waals surface area contributed by atoms with Crippen LogP contribution in [-0.4, -0.2) is 28.4 Å². The number of thiophene rings is 1. The highest BCUT2D eigenvalue weighted by molar-refractivity contribution is 7.13. The largest absolute Gasteiger partial charge is 0.449 e. The molecule has 0 fully saturated rings. The van der Waals surface area contributed by atoms with Crippen LogP contribution in [0.5, 0.6) is 0 Å². The molecule has 0 atom stereocenters. The normalized spacial score (nSPS) is 10.7. The first-order valence-electron chi connectivity index (χ1n) is 8.27. The molecule has 0 spiro atoms. The molecule has 0 aliphatic rings. The van der Waals surface area contributed by atoms with E-state index >= 15 is 0 Å². The molecule has 8 heteroatoms. The van der Waals surface area contributed by atoms with Crippen LogP contribution in [0.1, 0.15) is 12.5 Å². The zero-order chi connectivity index (χ0) is 19.1. The molecule has 0 saturated carbocycles. The van der Waals surface area contributed by atoms with Crippen molar-refractivity contribution in [1.82, 2.24) is 20.6 Å². The predicted molar refractivity (Wildman–Crippen MR) is 104 cm³/mol. The van der Waals surface area contributed by atoms with Crippen molar-refractivity contribution in [1.29, 1.82) is 0 Å². The van der Waals surface area contributed by atoms with Crippen LogP contribution >= 0.6 is 11.3 Å².